The van der Waals surface area contributed by atoms with Gasteiger partial charge < -0.3 is 14.2 Å². The third-order valence-electron chi connectivity index (χ3n) is 6.56. The molecule has 1 atom stereocenters. The minimum absolute atomic E-state index is 0.233. The van der Waals surface area contributed by atoms with E-state index in [-0.39, 0.29) is 5.56 Å². The highest BCUT2D eigenvalue weighted by molar-refractivity contribution is 9.10. The summed E-state index contributed by atoms with van der Waals surface area (Å²) in [5, 5.41) is 0. The van der Waals surface area contributed by atoms with E-state index >= 15 is 0 Å². The predicted octanol–water partition coefficient (Wildman–Crippen LogP) is 5.15. The summed E-state index contributed by atoms with van der Waals surface area (Å²) < 4.78 is 19.8. The first-order valence-corrected chi connectivity index (χ1v) is 14.3. The highest BCUT2D eigenvalue weighted by atomic mass is 79.9. The van der Waals surface area contributed by atoms with Gasteiger partial charge in [0.05, 0.1) is 36.1 Å². The molecule has 2 heterocycles. The molecular formula is C31H27BrN2O5S. The lowest BCUT2D eigenvalue weighted by Gasteiger charge is -2.25. The molecule has 0 saturated heterocycles. The second-order valence-electron chi connectivity index (χ2n) is 9.02. The standard InChI is InChI=1S/C31H27BrN2O5S/c1-4-23-27(30(36)38-3)28(21-8-6-5-7-9-21)34-29(35)26(40-31(34)33-23)17-20-12-15-24(25(16-20)37-2)39-18-19-10-13-22(32)14-11-19/h5-17,28H,4,18H2,1-3H3/b26-17-/t28-/m0/s1. The van der Waals surface area contributed by atoms with Gasteiger partial charge in [-0.05, 0) is 53.5 Å². The summed E-state index contributed by atoms with van der Waals surface area (Å²) in [6.45, 7) is 2.33. The topological polar surface area (TPSA) is 79.1 Å². The Morgan fingerprint density at radius 1 is 1.05 bits per heavy atom. The van der Waals surface area contributed by atoms with Gasteiger partial charge in [0.1, 0.15) is 6.61 Å². The van der Waals surface area contributed by atoms with Gasteiger partial charge in [0.15, 0.2) is 16.3 Å². The van der Waals surface area contributed by atoms with Gasteiger partial charge in [-0.3, -0.25) is 9.36 Å². The molecule has 0 aliphatic carbocycles. The zero-order valence-electron chi connectivity index (χ0n) is 22.2. The number of fused-ring (bicyclic) bond motifs is 1. The molecule has 4 aromatic rings. The van der Waals surface area contributed by atoms with Gasteiger partial charge in [-0.15, -0.1) is 0 Å². The van der Waals surface area contributed by atoms with Crippen LogP contribution in [-0.4, -0.2) is 24.8 Å². The van der Waals surface area contributed by atoms with Crippen LogP contribution in [0.25, 0.3) is 6.08 Å². The average Bonchev–Trinajstić information content (AvgIpc) is 3.30. The van der Waals surface area contributed by atoms with Gasteiger partial charge in [-0.25, -0.2) is 9.79 Å². The number of aromatic nitrogens is 1. The lowest BCUT2D eigenvalue weighted by molar-refractivity contribution is -0.136. The monoisotopic (exact) mass is 618 g/mol. The third kappa shape index (κ3) is 5.52. The molecule has 9 heteroatoms. The van der Waals surface area contributed by atoms with Crippen LogP contribution >= 0.6 is 27.3 Å². The smallest absolute Gasteiger partial charge is 0.338 e. The number of hydrogen-bond acceptors (Lipinski definition) is 7. The van der Waals surface area contributed by atoms with Crippen LogP contribution in [0.2, 0.25) is 0 Å². The first-order valence-electron chi connectivity index (χ1n) is 12.7. The molecule has 204 valence electrons. The highest BCUT2D eigenvalue weighted by Gasteiger charge is 2.33. The van der Waals surface area contributed by atoms with Gasteiger partial charge in [-0.2, -0.15) is 0 Å². The summed E-state index contributed by atoms with van der Waals surface area (Å²) in [5.74, 6) is 0.664. The second-order valence-corrected chi connectivity index (χ2v) is 10.9. The van der Waals surface area contributed by atoms with Gasteiger partial charge in [-0.1, -0.05) is 82.7 Å². The summed E-state index contributed by atoms with van der Waals surface area (Å²) in [7, 11) is 2.93. The Kier molecular flexibility index (Phi) is 8.32. The third-order valence-corrected chi connectivity index (χ3v) is 8.07. The number of ether oxygens (including phenoxy) is 3. The molecule has 0 spiro atoms. The number of methoxy groups -OCH3 is 2. The number of carbonyl (C=O) groups excluding carboxylic acids is 1. The van der Waals surface area contributed by atoms with Crippen molar-refractivity contribution < 1.29 is 19.0 Å². The molecule has 0 unspecified atom stereocenters. The molecule has 5 rings (SSSR count). The molecule has 0 fully saturated rings. The largest absolute Gasteiger partial charge is 0.493 e. The number of hydrogen-bond donors (Lipinski definition) is 0. The van der Waals surface area contributed by atoms with Crippen molar-refractivity contribution in [2.24, 2.45) is 4.99 Å². The second kappa shape index (κ2) is 12.1. The van der Waals surface area contributed by atoms with Crippen molar-refractivity contribution in [2.45, 2.75) is 26.0 Å². The fourth-order valence-electron chi connectivity index (χ4n) is 4.60. The van der Waals surface area contributed by atoms with E-state index in [2.05, 4.69) is 15.9 Å². The van der Waals surface area contributed by atoms with Crippen molar-refractivity contribution in [3.63, 3.8) is 0 Å². The van der Waals surface area contributed by atoms with Crippen LogP contribution in [0.5, 0.6) is 11.5 Å². The molecule has 0 amide bonds. The Labute approximate surface area is 243 Å². The Hall–Kier alpha value is -3.95. The average molecular weight is 620 g/mol. The van der Waals surface area contributed by atoms with Crippen LogP contribution in [0, 0.1) is 0 Å². The lowest BCUT2D eigenvalue weighted by atomic mass is 9.95. The number of allylic oxidation sites excluding steroid dienone is 1. The minimum Gasteiger partial charge on any atom is -0.493 e. The zero-order valence-corrected chi connectivity index (χ0v) is 24.6. The zero-order chi connectivity index (χ0) is 28.2. The van der Waals surface area contributed by atoms with Crippen LogP contribution in [0.3, 0.4) is 0 Å². The van der Waals surface area contributed by atoms with Crippen molar-refractivity contribution in [3.8, 4) is 11.5 Å². The Morgan fingerprint density at radius 3 is 2.48 bits per heavy atom. The van der Waals surface area contributed by atoms with Gasteiger partial charge in [0.25, 0.3) is 5.56 Å². The van der Waals surface area contributed by atoms with Gasteiger partial charge in [0.2, 0.25) is 0 Å². The Bertz CT molecular complexity index is 1760. The number of rotatable bonds is 8. The summed E-state index contributed by atoms with van der Waals surface area (Å²) in [4.78, 5) is 32.0. The van der Waals surface area contributed by atoms with E-state index in [9.17, 15) is 9.59 Å². The number of halogens is 1. The SMILES string of the molecule is CCC1=C(C(=O)OC)[C@H](c2ccccc2)n2c(s/c(=C\c3ccc(OCc4ccc(Br)cc4)c(OC)c3)c2=O)=N1. The van der Waals surface area contributed by atoms with Crippen molar-refractivity contribution in [3.05, 3.63) is 125 Å². The molecule has 0 N–H and O–H groups in total. The molecule has 7 nitrogen and oxygen atoms in total. The summed E-state index contributed by atoms with van der Waals surface area (Å²) in [6.07, 6.45) is 2.33. The summed E-state index contributed by atoms with van der Waals surface area (Å²) in [6, 6.07) is 22.3. The molecule has 0 radical (unpaired) electrons. The van der Waals surface area contributed by atoms with Crippen LogP contribution in [0.15, 0.2) is 98.3 Å². The number of thiazole rings is 1. The summed E-state index contributed by atoms with van der Waals surface area (Å²) >= 11 is 4.73. The summed E-state index contributed by atoms with van der Waals surface area (Å²) in [5.41, 5.74) is 3.37. The quantitative estimate of drug-likeness (QED) is 0.255. The molecular weight excluding hydrogens is 592 g/mol. The van der Waals surface area contributed by atoms with E-state index in [1.165, 1.54) is 18.4 Å². The molecule has 0 saturated carbocycles. The molecule has 3 aromatic carbocycles. The van der Waals surface area contributed by atoms with Crippen molar-refractivity contribution in [1.82, 2.24) is 4.57 Å². The van der Waals surface area contributed by atoms with E-state index in [0.717, 1.165) is 21.2 Å². The lowest BCUT2D eigenvalue weighted by Crippen LogP contribution is -2.40. The van der Waals surface area contributed by atoms with Crippen molar-refractivity contribution in [1.29, 1.82) is 0 Å². The number of benzene rings is 3. The number of nitrogens with zero attached hydrogens (tertiary/aromatic N) is 2. The fourth-order valence-corrected chi connectivity index (χ4v) is 5.89. The normalized spacial score (nSPS) is 14.9. The molecule has 1 aliphatic rings. The highest BCUT2D eigenvalue weighted by Crippen LogP contribution is 2.32. The maximum atomic E-state index is 13.8. The maximum absolute atomic E-state index is 13.8. The number of carbonyl (C=O) groups is 1. The Morgan fingerprint density at radius 2 is 1.80 bits per heavy atom. The molecule has 1 aromatic heterocycles. The fraction of sp³-hybridized carbons (Fsp3) is 0.194. The predicted molar refractivity (Wildman–Crippen MR) is 158 cm³/mol. The molecule has 1 aliphatic heterocycles. The van der Waals surface area contributed by atoms with E-state index in [1.54, 1.807) is 17.8 Å². The van der Waals surface area contributed by atoms with Crippen molar-refractivity contribution in [2.75, 3.05) is 14.2 Å². The van der Waals surface area contributed by atoms with E-state index < -0.39 is 12.0 Å². The van der Waals surface area contributed by atoms with Gasteiger partial charge in [0, 0.05) is 4.47 Å². The number of esters is 1. The van der Waals surface area contributed by atoms with E-state index in [4.69, 9.17) is 19.2 Å². The maximum Gasteiger partial charge on any atom is 0.338 e. The van der Waals surface area contributed by atoms with E-state index in [1.807, 2.05) is 79.7 Å². The minimum atomic E-state index is -0.633. The van der Waals surface area contributed by atoms with Crippen molar-refractivity contribution >= 4 is 39.3 Å². The first-order chi connectivity index (χ1) is 19.4. The first kappa shape index (κ1) is 27.6. The van der Waals surface area contributed by atoms with Gasteiger partial charge >= 0.3 is 5.97 Å². The molecule has 0 bridgehead atoms. The van der Waals surface area contributed by atoms with E-state index in [0.29, 0.717) is 45.1 Å². The molecule has 40 heavy (non-hydrogen) atoms. The van der Waals surface area contributed by atoms with Crippen LogP contribution < -0.4 is 24.4 Å². The van der Waals surface area contributed by atoms with Crippen LogP contribution in [-0.2, 0) is 16.1 Å². The Balaban J connectivity index is 1.55. The van der Waals surface area contributed by atoms with Crippen LogP contribution in [0.4, 0.5) is 0 Å². The van der Waals surface area contributed by atoms with Crippen LogP contribution in [0.1, 0.15) is 36.1 Å².